The van der Waals surface area contributed by atoms with Gasteiger partial charge in [0.15, 0.2) is 0 Å². The molecule has 1 saturated carbocycles. The molecule has 0 atom stereocenters. The first-order valence-electron chi connectivity index (χ1n) is 6.36. The standard InChI is InChI=1S/C14H20N2O2.ClH/c1-16(8-9-18-10-11-6-7-11)14(17)12-4-2-3-5-13(12)15;/h2-5,11H,6-10,15H2,1H3;1H. The fourth-order valence-corrected chi connectivity index (χ4v) is 1.73. The second kappa shape index (κ2) is 7.36. The third-order valence-corrected chi connectivity index (χ3v) is 3.16. The lowest BCUT2D eigenvalue weighted by atomic mass is 10.1. The zero-order chi connectivity index (χ0) is 13.0. The Kier molecular flexibility index (Phi) is 6.12. The highest BCUT2D eigenvalue weighted by Crippen LogP contribution is 2.28. The molecule has 0 bridgehead atoms. The van der Waals surface area contributed by atoms with Crippen molar-refractivity contribution in [2.24, 2.45) is 5.92 Å². The second-order valence-corrected chi connectivity index (χ2v) is 4.83. The number of amides is 1. The van der Waals surface area contributed by atoms with Crippen LogP contribution in [0, 0.1) is 5.92 Å². The van der Waals surface area contributed by atoms with Crippen molar-refractivity contribution in [2.45, 2.75) is 12.8 Å². The zero-order valence-electron chi connectivity index (χ0n) is 11.2. The van der Waals surface area contributed by atoms with Crippen LogP contribution in [-0.2, 0) is 4.74 Å². The molecule has 1 amide bonds. The van der Waals surface area contributed by atoms with Crippen molar-refractivity contribution in [3.63, 3.8) is 0 Å². The number of nitrogens with zero attached hydrogens (tertiary/aromatic N) is 1. The molecule has 0 unspecified atom stereocenters. The molecule has 1 fully saturated rings. The minimum absolute atomic E-state index is 0. The summed E-state index contributed by atoms with van der Waals surface area (Å²) in [6, 6.07) is 7.13. The lowest BCUT2D eigenvalue weighted by Gasteiger charge is -2.18. The zero-order valence-corrected chi connectivity index (χ0v) is 12.0. The van der Waals surface area contributed by atoms with Gasteiger partial charge in [0.1, 0.15) is 0 Å². The molecule has 1 aliphatic carbocycles. The number of para-hydroxylation sites is 1. The monoisotopic (exact) mass is 284 g/mol. The van der Waals surface area contributed by atoms with Gasteiger partial charge in [-0.2, -0.15) is 0 Å². The van der Waals surface area contributed by atoms with Gasteiger partial charge in [0.25, 0.3) is 5.91 Å². The Morgan fingerprint density at radius 2 is 2.11 bits per heavy atom. The Hall–Kier alpha value is -1.26. The minimum atomic E-state index is -0.0527. The van der Waals surface area contributed by atoms with Gasteiger partial charge in [-0.1, -0.05) is 12.1 Å². The topological polar surface area (TPSA) is 55.6 Å². The number of ether oxygens (including phenoxy) is 1. The molecule has 0 heterocycles. The quantitative estimate of drug-likeness (QED) is 0.643. The van der Waals surface area contributed by atoms with E-state index >= 15 is 0 Å². The normalized spacial score (nSPS) is 13.7. The molecule has 0 radical (unpaired) electrons. The van der Waals surface area contributed by atoms with Crippen molar-refractivity contribution in [3.05, 3.63) is 29.8 Å². The number of halogens is 1. The van der Waals surface area contributed by atoms with E-state index in [0.717, 1.165) is 12.5 Å². The molecular formula is C14H21ClN2O2. The predicted molar refractivity (Wildman–Crippen MR) is 78.6 cm³/mol. The van der Waals surface area contributed by atoms with E-state index in [1.165, 1.54) is 12.8 Å². The summed E-state index contributed by atoms with van der Waals surface area (Å²) in [6.45, 7) is 2.01. The molecule has 19 heavy (non-hydrogen) atoms. The van der Waals surface area contributed by atoms with Crippen LogP contribution >= 0.6 is 12.4 Å². The van der Waals surface area contributed by atoms with E-state index in [4.69, 9.17) is 10.5 Å². The number of carbonyl (C=O) groups is 1. The maximum Gasteiger partial charge on any atom is 0.255 e. The maximum absolute atomic E-state index is 12.1. The summed E-state index contributed by atoms with van der Waals surface area (Å²) >= 11 is 0. The van der Waals surface area contributed by atoms with E-state index in [1.807, 2.05) is 12.1 Å². The average Bonchev–Trinajstić information content (AvgIpc) is 3.18. The van der Waals surface area contributed by atoms with Gasteiger partial charge in [-0.05, 0) is 30.9 Å². The second-order valence-electron chi connectivity index (χ2n) is 4.83. The maximum atomic E-state index is 12.1. The number of hydrogen-bond acceptors (Lipinski definition) is 3. The first-order valence-corrected chi connectivity index (χ1v) is 6.36. The smallest absolute Gasteiger partial charge is 0.255 e. The van der Waals surface area contributed by atoms with E-state index in [9.17, 15) is 4.79 Å². The highest BCUT2D eigenvalue weighted by atomic mass is 35.5. The molecule has 0 aromatic heterocycles. The molecule has 1 aromatic rings. The highest BCUT2D eigenvalue weighted by Gasteiger charge is 2.21. The van der Waals surface area contributed by atoms with Crippen LogP contribution in [0.1, 0.15) is 23.2 Å². The summed E-state index contributed by atoms with van der Waals surface area (Å²) in [4.78, 5) is 13.7. The Morgan fingerprint density at radius 1 is 1.42 bits per heavy atom. The number of hydrogen-bond donors (Lipinski definition) is 1. The van der Waals surface area contributed by atoms with E-state index in [0.29, 0.717) is 24.4 Å². The first-order chi connectivity index (χ1) is 8.68. The first kappa shape index (κ1) is 15.8. The van der Waals surface area contributed by atoms with E-state index < -0.39 is 0 Å². The highest BCUT2D eigenvalue weighted by molar-refractivity contribution is 5.98. The van der Waals surface area contributed by atoms with Crippen molar-refractivity contribution in [3.8, 4) is 0 Å². The number of likely N-dealkylation sites (N-methyl/N-ethyl adjacent to an activating group) is 1. The molecule has 0 aliphatic heterocycles. The predicted octanol–water partition coefficient (Wildman–Crippen LogP) is 2.19. The third kappa shape index (κ3) is 4.73. The van der Waals surface area contributed by atoms with E-state index in [2.05, 4.69) is 0 Å². The summed E-state index contributed by atoms with van der Waals surface area (Å²) in [6.07, 6.45) is 2.57. The minimum Gasteiger partial charge on any atom is -0.398 e. The fourth-order valence-electron chi connectivity index (χ4n) is 1.73. The SMILES string of the molecule is CN(CCOCC1CC1)C(=O)c1ccccc1N.Cl. The van der Waals surface area contributed by atoms with Crippen molar-refractivity contribution in [1.82, 2.24) is 4.90 Å². The van der Waals surface area contributed by atoms with Crippen LogP contribution in [0.5, 0.6) is 0 Å². The van der Waals surface area contributed by atoms with Gasteiger partial charge in [-0.3, -0.25) is 4.79 Å². The van der Waals surface area contributed by atoms with Gasteiger partial charge < -0.3 is 15.4 Å². The number of nitrogen functional groups attached to an aromatic ring is 1. The molecule has 0 saturated heterocycles. The van der Waals surface area contributed by atoms with Crippen LogP contribution in [-0.4, -0.2) is 37.6 Å². The van der Waals surface area contributed by atoms with Gasteiger partial charge in [-0.15, -0.1) is 12.4 Å². The van der Waals surface area contributed by atoms with Crippen LogP contribution < -0.4 is 5.73 Å². The molecule has 1 aliphatic rings. The van der Waals surface area contributed by atoms with Crippen LogP contribution in [0.2, 0.25) is 0 Å². The van der Waals surface area contributed by atoms with Gasteiger partial charge in [0.05, 0.1) is 12.2 Å². The summed E-state index contributed by atoms with van der Waals surface area (Å²) in [5.74, 6) is 0.707. The van der Waals surface area contributed by atoms with Gasteiger partial charge in [-0.25, -0.2) is 0 Å². The van der Waals surface area contributed by atoms with Crippen LogP contribution in [0.15, 0.2) is 24.3 Å². The largest absolute Gasteiger partial charge is 0.398 e. The number of carbonyl (C=O) groups excluding carboxylic acids is 1. The lowest BCUT2D eigenvalue weighted by Crippen LogP contribution is -2.30. The molecule has 0 spiro atoms. The fraction of sp³-hybridized carbons (Fsp3) is 0.500. The van der Waals surface area contributed by atoms with E-state index in [1.54, 1.807) is 24.1 Å². The lowest BCUT2D eigenvalue weighted by molar-refractivity contribution is 0.0682. The summed E-state index contributed by atoms with van der Waals surface area (Å²) in [5, 5.41) is 0. The molecule has 2 rings (SSSR count). The number of benzene rings is 1. The summed E-state index contributed by atoms with van der Waals surface area (Å²) in [5.41, 5.74) is 6.86. The third-order valence-electron chi connectivity index (χ3n) is 3.16. The van der Waals surface area contributed by atoms with Crippen LogP contribution in [0.4, 0.5) is 5.69 Å². The number of nitrogens with two attached hydrogens (primary N) is 1. The summed E-state index contributed by atoms with van der Waals surface area (Å²) < 4.78 is 5.52. The summed E-state index contributed by atoms with van der Waals surface area (Å²) in [7, 11) is 1.77. The van der Waals surface area contributed by atoms with Crippen LogP contribution in [0.3, 0.4) is 0 Å². The number of anilines is 1. The van der Waals surface area contributed by atoms with Gasteiger partial charge in [0, 0.05) is 25.9 Å². The van der Waals surface area contributed by atoms with Gasteiger partial charge >= 0.3 is 0 Å². The molecule has 2 N–H and O–H groups in total. The molecule has 106 valence electrons. The van der Waals surface area contributed by atoms with Crippen molar-refractivity contribution in [1.29, 1.82) is 0 Å². The Balaban J connectivity index is 0.00000180. The molecule has 1 aromatic carbocycles. The van der Waals surface area contributed by atoms with Crippen molar-refractivity contribution >= 4 is 24.0 Å². The Bertz CT molecular complexity index is 422. The van der Waals surface area contributed by atoms with Crippen molar-refractivity contribution in [2.75, 3.05) is 32.5 Å². The average molecular weight is 285 g/mol. The Morgan fingerprint density at radius 3 is 2.74 bits per heavy atom. The molecule has 4 nitrogen and oxygen atoms in total. The van der Waals surface area contributed by atoms with E-state index in [-0.39, 0.29) is 18.3 Å². The van der Waals surface area contributed by atoms with Crippen molar-refractivity contribution < 1.29 is 9.53 Å². The number of rotatable bonds is 6. The molecular weight excluding hydrogens is 264 g/mol. The van der Waals surface area contributed by atoms with Crippen LogP contribution in [0.25, 0.3) is 0 Å². The van der Waals surface area contributed by atoms with Gasteiger partial charge in [0.2, 0.25) is 0 Å². The Labute approximate surface area is 120 Å². The molecule has 5 heteroatoms.